The van der Waals surface area contributed by atoms with E-state index >= 15 is 0 Å². The van der Waals surface area contributed by atoms with E-state index in [1.54, 1.807) is 11.0 Å². The number of rotatable bonds is 3. The minimum absolute atomic E-state index is 0.130. The van der Waals surface area contributed by atoms with Gasteiger partial charge in [0.05, 0.1) is 5.69 Å². The second-order valence-corrected chi connectivity index (χ2v) is 6.35. The number of β-amino-alcohol motifs (C(OH)–C–C–N with tert-alkyl or cyclic N) is 1. The molecule has 0 aliphatic carbocycles. The summed E-state index contributed by atoms with van der Waals surface area (Å²) < 4.78 is 0. The third-order valence-corrected chi connectivity index (χ3v) is 4.60. The van der Waals surface area contributed by atoms with Crippen LogP contribution in [0.25, 0.3) is 0 Å². The normalized spacial score (nSPS) is 22.8. The first-order valence-corrected chi connectivity index (χ1v) is 8.46. The van der Waals surface area contributed by atoms with Gasteiger partial charge in [-0.25, -0.2) is 4.79 Å². The molecular formula is C17H24N4O3. The molecule has 7 heteroatoms. The number of hydrogen-bond donors (Lipinski definition) is 4. The van der Waals surface area contributed by atoms with Crippen LogP contribution in [0.5, 0.6) is 0 Å². The Kier molecular flexibility index (Phi) is 4.73. The van der Waals surface area contributed by atoms with Crippen molar-refractivity contribution in [3.63, 3.8) is 0 Å². The molecule has 0 aromatic heterocycles. The van der Waals surface area contributed by atoms with E-state index in [4.69, 9.17) is 0 Å². The van der Waals surface area contributed by atoms with Gasteiger partial charge >= 0.3 is 6.03 Å². The van der Waals surface area contributed by atoms with Crippen molar-refractivity contribution in [3.05, 3.63) is 23.8 Å². The lowest BCUT2D eigenvalue weighted by molar-refractivity contribution is -0.135. The predicted octanol–water partition coefficient (Wildman–Crippen LogP) is 0.832. The summed E-state index contributed by atoms with van der Waals surface area (Å²) in [7, 11) is 0. The van der Waals surface area contributed by atoms with Crippen molar-refractivity contribution in [2.24, 2.45) is 0 Å². The first-order chi connectivity index (χ1) is 11.5. The Labute approximate surface area is 141 Å². The molecule has 130 valence electrons. The first-order valence-electron chi connectivity index (χ1n) is 8.46. The lowest BCUT2D eigenvalue weighted by Gasteiger charge is -2.31. The molecule has 0 radical (unpaired) electrons. The summed E-state index contributed by atoms with van der Waals surface area (Å²) in [5, 5.41) is 19.1. The fraction of sp³-hybridized carbons (Fsp3) is 0.529. The molecule has 2 aliphatic heterocycles. The number of carbonyl (C=O) groups excluding carboxylic acids is 2. The Hall–Kier alpha value is -2.12. The lowest BCUT2D eigenvalue weighted by atomic mass is 9.93. The van der Waals surface area contributed by atoms with E-state index < -0.39 is 11.5 Å². The van der Waals surface area contributed by atoms with Crippen molar-refractivity contribution < 1.29 is 14.7 Å². The Morgan fingerprint density at radius 2 is 2.25 bits per heavy atom. The quantitative estimate of drug-likeness (QED) is 0.660. The second kappa shape index (κ2) is 6.78. The molecular weight excluding hydrogens is 308 g/mol. The van der Waals surface area contributed by atoms with Crippen molar-refractivity contribution in [1.29, 1.82) is 0 Å². The van der Waals surface area contributed by atoms with Crippen molar-refractivity contribution in [1.82, 2.24) is 10.6 Å². The van der Waals surface area contributed by atoms with E-state index in [-0.39, 0.29) is 12.6 Å². The molecule has 1 fully saturated rings. The van der Waals surface area contributed by atoms with Crippen molar-refractivity contribution in [2.45, 2.75) is 31.8 Å². The van der Waals surface area contributed by atoms with E-state index in [9.17, 15) is 14.7 Å². The van der Waals surface area contributed by atoms with Gasteiger partial charge in [-0.1, -0.05) is 6.07 Å². The molecule has 3 rings (SSSR count). The topological polar surface area (TPSA) is 93.7 Å². The minimum atomic E-state index is -1.38. The van der Waals surface area contributed by atoms with Crippen LogP contribution in [0.1, 0.15) is 25.3 Å². The second-order valence-electron chi connectivity index (χ2n) is 6.35. The number of aliphatic hydroxyl groups is 1. The maximum absolute atomic E-state index is 12.4. The molecule has 2 heterocycles. The molecule has 1 unspecified atom stereocenters. The van der Waals surface area contributed by atoms with Gasteiger partial charge in [0.25, 0.3) is 5.91 Å². The Bertz CT molecular complexity index is 641. The van der Waals surface area contributed by atoms with E-state index in [1.807, 2.05) is 19.1 Å². The SMILES string of the molecule is CCNC(=O)N1CCc2ccc(NC(=O)C3(O)CCCNC3)cc21. The number of fused-ring (bicyclic) bond motifs is 1. The van der Waals surface area contributed by atoms with Gasteiger partial charge in [0.2, 0.25) is 0 Å². The Morgan fingerprint density at radius 1 is 1.42 bits per heavy atom. The summed E-state index contributed by atoms with van der Waals surface area (Å²) in [6.07, 6.45) is 2.01. The fourth-order valence-corrected chi connectivity index (χ4v) is 3.25. The highest BCUT2D eigenvalue weighted by atomic mass is 16.3. The van der Waals surface area contributed by atoms with E-state index in [2.05, 4.69) is 16.0 Å². The highest BCUT2D eigenvalue weighted by Gasteiger charge is 2.37. The number of nitrogens with one attached hydrogen (secondary N) is 3. The van der Waals surface area contributed by atoms with Gasteiger partial charge < -0.3 is 21.1 Å². The van der Waals surface area contributed by atoms with Crippen LogP contribution in [0.2, 0.25) is 0 Å². The van der Waals surface area contributed by atoms with Crippen LogP contribution in [0, 0.1) is 0 Å². The van der Waals surface area contributed by atoms with Crippen LogP contribution in [0.15, 0.2) is 18.2 Å². The Morgan fingerprint density at radius 3 is 2.96 bits per heavy atom. The summed E-state index contributed by atoms with van der Waals surface area (Å²) in [5.74, 6) is -0.405. The number of amides is 3. The van der Waals surface area contributed by atoms with Crippen molar-refractivity contribution in [2.75, 3.05) is 36.4 Å². The van der Waals surface area contributed by atoms with E-state index in [0.717, 1.165) is 30.6 Å². The average Bonchev–Trinajstić information content (AvgIpc) is 2.99. The largest absolute Gasteiger partial charge is 0.379 e. The predicted molar refractivity (Wildman–Crippen MR) is 92.2 cm³/mol. The van der Waals surface area contributed by atoms with Gasteiger partial charge in [-0.15, -0.1) is 0 Å². The number of nitrogens with zero attached hydrogens (tertiary/aromatic N) is 1. The van der Waals surface area contributed by atoms with Crippen LogP contribution < -0.4 is 20.9 Å². The molecule has 24 heavy (non-hydrogen) atoms. The molecule has 1 aromatic rings. The molecule has 1 aromatic carbocycles. The summed E-state index contributed by atoms with van der Waals surface area (Å²) in [4.78, 5) is 26.2. The molecule has 0 spiro atoms. The highest BCUT2D eigenvalue weighted by molar-refractivity contribution is 5.99. The summed E-state index contributed by atoms with van der Waals surface area (Å²) in [6, 6.07) is 5.41. The monoisotopic (exact) mass is 332 g/mol. The molecule has 0 saturated carbocycles. The highest BCUT2D eigenvalue weighted by Crippen LogP contribution is 2.31. The smallest absolute Gasteiger partial charge is 0.321 e. The zero-order valence-electron chi connectivity index (χ0n) is 13.9. The molecule has 2 aliphatic rings. The average molecular weight is 332 g/mol. The molecule has 1 atom stereocenters. The number of benzene rings is 1. The van der Waals surface area contributed by atoms with Crippen molar-refractivity contribution >= 4 is 23.3 Å². The third kappa shape index (κ3) is 3.22. The number of piperidine rings is 1. The third-order valence-electron chi connectivity index (χ3n) is 4.60. The van der Waals surface area contributed by atoms with Crippen LogP contribution in [-0.2, 0) is 11.2 Å². The molecule has 0 bridgehead atoms. The van der Waals surface area contributed by atoms with Gasteiger partial charge in [-0.3, -0.25) is 9.69 Å². The van der Waals surface area contributed by atoms with Crippen molar-refractivity contribution in [3.8, 4) is 0 Å². The van der Waals surface area contributed by atoms with Crippen LogP contribution in [0.4, 0.5) is 16.2 Å². The first kappa shape index (κ1) is 16.7. The molecule has 1 saturated heterocycles. The van der Waals surface area contributed by atoms with Crippen LogP contribution in [-0.4, -0.2) is 48.8 Å². The maximum Gasteiger partial charge on any atom is 0.321 e. The number of hydrogen-bond acceptors (Lipinski definition) is 4. The minimum Gasteiger partial charge on any atom is -0.379 e. The zero-order chi connectivity index (χ0) is 17.2. The summed E-state index contributed by atoms with van der Waals surface area (Å²) in [5.41, 5.74) is 1.11. The van der Waals surface area contributed by atoms with E-state index in [1.165, 1.54) is 0 Å². The summed E-state index contributed by atoms with van der Waals surface area (Å²) in [6.45, 7) is 4.16. The number of urea groups is 1. The Balaban J connectivity index is 1.75. The fourth-order valence-electron chi connectivity index (χ4n) is 3.25. The number of anilines is 2. The molecule has 3 amide bonds. The zero-order valence-corrected chi connectivity index (χ0v) is 13.9. The summed E-state index contributed by atoms with van der Waals surface area (Å²) >= 11 is 0. The van der Waals surface area contributed by atoms with Gasteiger partial charge in [0.1, 0.15) is 0 Å². The van der Waals surface area contributed by atoms with Gasteiger partial charge in [0.15, 0.2) is 5.60 Å². The van der Waals surface area contributed by atoms with Crippen LogP contribution >= 0.6 is 0 Å². The van der Waals surface area contributed by atoms with E-state index in [0.29, 0.717) is 25.2 Å². The van der Waals surface area contributed by atoms with Gasteiger partial charge in [0, 0.05) is 25.3 Å². The number of carbonyl (C=O) groups is 2. The molecule has 4 N–H and O–H groups in total. The van der Waals surface area contributed by atoms with Crippen LogP contribution in [0.3, 0.4) is 0 Å². The molecule has 7 nitrogen and oxygen atoms in total. The standard InChI is InChI=1S/C17H24N4O3/c1-2-19-16(23)21-9-6-12-4-5-13(10-14(12)21)20-15(22)17(24)7-3-8-18-11-17/h4-5,10,18,24H,2-3,6-9,11H2,1H3,(H,19,23)(H,20,22). The van der Waals surface area contributed by atoms with Gasteiger partial charge in [-0.05, 0) is 50.4 Å². The van der Waals surface area contributed by atoms with Gasteiger partial charge in [-0.2, -0.15) is 0 Å². The lowest BCUT2D eigenvalue weighted by Crippen LogP contribution is -2.53. The maximum atomic E-state index is 12.4.